The van der Waals surface area contributed by atoms with Crippen LogP contribution in [0, 0.1) is 0 Å². The highest BCUT2D eigenvalue weighted by Crippen LogP contribution is 2.33. The fraction of sp³-hybridized carbons (Fsp3) is 0.417. The molecule has 2 aliphatic rings. The number of hydrogen-bond donors (Lipinski definition) is 2. The van der Waals surface area contributed by atoms with Gasteiger partial charge in [-0.1, -0.05) is 30.3 Å². The Balaban J connectivity index is 1.41. The summed E-state index contributed by atoms with van der Waals surface area (Å²) in [5.41, 5.74) is 1.87. The van der Waals surface area contributed by atoms with Crippen LogP contribution in [0.4, 0.5) is 18.0 Å². The highest BCUT2D eigenvalue weighted by molar-refractivity contribution is 5.65. The van der Waals surface area contributed by atoms with Crippen LogP contribution in [0.15, 0.2) is 48.5 Å². The first-order valence-electron chi connectivity index (χ1n) is 11.7. The number of ether oxygens (including phenoxy) is 1. The summed E-state index contributed by atoms with van der Waals surface area (Å²) in [7, 11) is 0. The molecule has 1 aliphatic carbocycles. The Kier molecular flexibility index (Phi) is 6.52. The molecule has 1 saturated heterocycles. The molecule has 2 aromatic carbocycles. The molecule has 2 fully saturated rings. The van der Waals surface area contributed by atoms with Gasteiger partial charge < -0.3 is 20.1 Å². The first-order valence-corrected chi connectivity index (χ1v) is 11.7. The summed E-state index contributed by atoms with van der Waals surface area (Å²) in [6.07, 6.45) is -3.09. The zero-order valence-electron chi connectivity index (χ0n) is 19.2. The third kappa shape index (κ3) is 5.27. The average molecular weight is 502 g/mol. The molecule has 1 aliphatic heterocycles. The molecule has 1 aromatic heterocycles. The van der Waals surface area contributed by atoms with Crippen LogP contribution in [0.25, 0.3) is 5.69 Å². The molecule has 2 N–H and O–H groups in total. The number of rotatable bonds is 7. The van der Waals surface area contributed by atoms with Gasteiger partial charge in [-0.05, 0) is 53.5 Å². The van der Waals surface area contributed by atoms with E-state index in [0.29, 0.717) is 42.0 Å². The molecular formula is C24H25F3N6O3. The molecule has 1 saturated carbocycles. The van der Waals surface area contributed by atoms with Crippen molar-refractivity contribution in [3.8, 4) is 11.4 Å². The van der Waals surface area contributed by atoms with Gasteiger partial charge in [-0.2, -0.15) is 17.9 Å². The second-order valence-corrected chi connectivity index (χ2v) is 9.04. The second-order valence-electron chi connectivity index (χ2n) is 9.04. The summed E-state index contributed by atoms with van der Waals surface area (Å²) in [5.74, 6) is -0.694. The van der Waals surface area contributed by atoms with Crippen molar-refractivity contribution in [1.29, 1.82) is 0 Å². The molecule has 9 nitrogen and oxygen atoms in total. The van der Waals surface area contributed by atoms with Gasteiger partial charge in [0, 0.05) is 37.2 Å². The Morgan fingerprint density at radius 3 is 2.61 bits per heavy atom. The monoisotopic (exact) mass is 502 g/mol. The lowest BCUT2D eigenvalue weighted by Crippen LogP contribution is -2.49. The van der Waals surface area contributed by atoms with Crippen LogP contribution in [0.5, 0.6) is 5.75 Å². The quantitative estimate of drug-likeness (QED) is 0.506. The fourth-order valence-electron chi connectivity index (χ4n) is 4.50. The highest BCUT2D eigenvalue weighted by Gasteiger charge is 2.39. The first kappa shape index (κ1) is 24.0. The maximum absolute atomic E-state index is 13.4. The third-order valence-corrected chi connectivity index (χ3v) is 6.50. The second kappa shape index (κ2) is 9.76. The number of amides is 1. The lowest BCUT2D eigenvalue weighted by Gasteiger charge is -2.38. The van der Waals surface area contributed by atoms with Crippen LogP contribution in [-0.4, -0.2) is 61.5 Å². The number of nitrogens with zero attached hydrogens (tertiary/aromatic N) is 5. The maximum atomic E-state index is 13.4. The van der Waals surface area contributed by atoms with Crippen molar-refractivity contribution in [3.63, 3.8) is 0 Å². The van der Waals surface area contributed by atoms with Gasteiger partial charge in [0.25, 0.3) is 5.82 Å². The van der Waals surface area contributed by atoms with E-state index >= 15 is 0 Å². The van der Waals surface area contributed by atoms with E-state index in [9.17, 15) is 23.1 Å². The number of halogens is 3. The Hall–Kier alpha value is -3.67. The molecule has 1 amide bonds. The molecule has 2 atom stereocenters. The Morgan fingerprint density at radius 2 is 1.92 bits per heavy atom. The minimum atomic E-state index is -4.70. The van der Waals surface area contributed by atoms with E-state index in [1.54, 1.807) is 12.1 Å². The van der Waals surface area contributed by atoms with Gasteiger partial charge in [0.05, 0.1) is 11.8 Å². The van der Waals surface area contributed by atoms with E-state index in [0.717, 1.165) is 18.4 Å². The minimum absolute atomic E-state index is 0.0424. The van der Waals surface area contributed by atoms with Gasteiger partial charge in [0.15, 0.2) is 0 Å². The minimum Gasteiger partial charge on any atom is -0.490 e. The molecule has 2 unspecified atom stereocenters. The number of benzene rings is 2. The van der Waals surface area contributed by atoms with Crippen LogP contribution < -0.4 is 10.1 Å². The number of alkyl halides is 3. The number of aromatic nitrogens is 4. The van der Waals surface area contributed by atoms with Crippen LogP contribution >= 0.6 is 0 Å². The van der Waals surface area contributed by atoms with E-state index in [-0.39, 0.29) is 23.8 Å². The lowest BCUT2D eigenvalue weighted by molar-refractivity contribution is -0.146. The van der Waals surface area contributed by atoms with Crippen molar-refractivity contribution in [2.24, 2.45) is 0 Å². The Morgan fingerprint density at radius 1 is 1.14 bits per heavy atom. The van der Waals surface area contributed by atoms with Crippen molar-refractivity contribution in [1.82, 2.24) is 30.4 Å². The summed E-state index contributed by atoms with van der Waals surface area (Å²) >= 11 is 0. The predicted octanol–water partition coefficient (Wildman–Crippen LogP) is 3.85. The SMILES string of the molecule is O=C(O)N1CCC(NCc2cc(-n3nnnc3C(F)(F)F)ccc2OC2CC2)C(c2ccccc2)C1. The van der Waals surface area contributed by atoms with Crippen molar-refractivity contribution in [3.05, 3.63) is 65.5 Å². The zero-order chi connectivity index (χ0) is 25.3. The van der Waals surface area contributed by atoms with Crippen molar-refractivity contribution >= 4 is 6.09 Å². The van der Waals surface area contributed by atoms with Gasteiger partial charge in [0.2, 0.25) is 0 Å². The van der Waals surface area contributed by atoms with Crippen molar-refractivity contribution < 1.29 is 27.8 Å². The number of carbonyl (C=O) groups is 1. The molecule has 36 heavy (non-hydrogen) atoms. The summed E-state index contributed by atoms with van der Waals surface area (Å²) in [6, 6.07) is 14.4. The van der Waals surface area contributed by atoms with E-state index < -0.39 is 18.1 Å². The topological polar surface area (TPSA) is 105 Å². The molecule has 0 bridgehead atoms. The van der Waals surface area contributed by atoms with Gasteiger partial charge in [-0.15, -0.1) is 5.10 Å². The number of hydrogen-bond acceptors (Lipinski definition) is 6. The van der Waals surface area contributed by atoms with Crippen LogP contribution in [-0.2, 0) is 12.7 Å². The molecule has 2 heterocycles. The Labute approximate surface area is 204 Å². The van der Waals surface area contributed by atoms with Crippen molar-refractivity contribution in [2.45, 2.75) is 50.0 Å². The Bertz CT molecular complexity index is 1220. The molecule has 5 rings (SSSR count). The molecule has 190 valence electrons. The lowest BCUT2D eigenvalue weighted by atomic mass is 9.86. The summed E-state index contributed by atoms with van der Waals surface area (Å²) in [6.45, 7) is 1.06. The van der Waals surface area contributed by atoms with E-state index in [1.807, 2.05) is 30.3 Å². The van der Waals surface area contributed by atoms with Crippen LogP contribution in [0.3, 0.4) is 0 Å². The molecule has 0 spiro atoms. The number of piperidine rings is 1. The number of tetrazole rings is 1. The predicted molar refractivity (Wildman–Crippen MR) is 122 cm³/mol. The normalized spacial score (nSPS) is 20.4. The van der Waals surface area contributed by atoms with E-state index in [4.69, 9.17) is 4.74 Å². The number of likely N-dealkylation sites (tertiary alicyclic amines) is 1. The number of nitrogens with one attached hydrogen (secondary N) is 1. The van der Waals surface area contributed by atoms with E-state index in [1.165, 1.54) is 11.0 Å². The molecule has 12 heteroatoms. The van der Waals surface area contributed by atoms with Crippen LogP contribution in [0.1, 0.15) is 42.1 Å². The summed E-state index contributed by atoms with van der Waals surface area (Å²) in [4.78, 5) is 13.0. The average Bonchev–Trinajstić information content (AvgIpc) is 3.53. The summed E-state index contributed by atoms with van der Waals surface area (Å²) < 4.78 is 46.8. The first-order chi connectivity index (χ1) is 17.3. The molecular weight excluding hydrogens is 477 g/mol. The standard InChI is InChI=1S/C24H25F3N6O3/c25-24(26,27)22-29-30-31-33(22)17-6-9-21(36-18-7-8-18)16(12-17)13-28-20-10-11-32(23(34)35)14-19(20)15-4-2-1-3-5-15/h1-6,9,12,18-20,28H,7-8,10-11,13-14H2,(H,34,35). The smallest absolute Gasteiger partial charge is 0.453 e. The van der Waals surface area contributed by atoms with Crippen LogP contribution in [0.2, 0.25) is 0 Å². The van der Waals surface area contributed by atoms with Gasteiger partial charge in [0.1, 0.15) is 5.75 Å². The molecule has 3 aromatic rings. The fourth-order valence-corrected chi connectivity index (χ4v) is 4.50. The van der Waals surface area contributed by atoms with E-state index in [2.05, 4.69) is 20.8 Å². The zero-order valence-corrected chi connectivity index (χ0v) is 19.2. The van der Waals surface area contributed by atoms with Gasteiger partial charge in [-0.3, -0.25) is 0 Å². The molecule has 0 radical (unpaired) electrons. The maximum Gasteiger partial charge on any atom is 0.453 e. The third-order valence-electron chi connectivity index (χ3n) is 6.50. The van der Waals surface area contributed by atoms with Crippen molar-refractivity contribution in [2.75, 3.05) is 13.1 Å². The van der Waals surface area contributed by atoms with Gasteiger partial charge >= 0.3 is 12.3 Å². The highest BCUT2D eigenvalue weighted by atomic mass is 19.4. The summed E-state index contributed by atoms with van der Waals surface area (Å²) in [5, 5.41) is 22.9. The number of carboxylic acid groups (broad SMARTS) is 1. The largest absolute Gasteiger partial charge is 0.490 e. The van der Waals surface area contributed by atoms with Gasteiger partial charge in [-0.25, -0.2) is 4.79 Å².